The van der Waals surface area contributed by atoms with E-state index in [0.29, 0.717) is 33.9 Å². The first-order valence-electron chi connectivity index (χ1n) is 10.2. The summed E-state index contributed by atoms with van der Waals surface area (Å²) in [5.41, 5.74) is 2.48. The molecule has 0 amide bonds. The number of aryl methyl sites for hydroxylation is 2. The van der Waals surface area contributed by atoms with Crippen molar-refractivity contribution in [2.24, 2.45) is 0 Å². The lowest BCUT2D eigenvalue weighted by molar-refractivity contribution is 0.102. The number of aromatic nitrogens is 5. The number of furan rings is 1. The van der Waals surface area contributed by atoms with Crippen LogP contribution in [0, 0.1) is 13.8 Å². The van der Waals surface area contributed by atoms with Gasteiger partial charge in [-0.25, -0.2) is 9.97 Å². The average molecular weight is 482 g/mol. The van der Waals surface area contributed by atoms with Crippen LogP contribution in [0.4, 0.5) is 0 Å². The average Bonchev–Trinajstić information content (AvgIpc) is 3.46. The van der Waals surface area contributed by atoms with E-state index in [1.54, 1.807) is 37.6 Å². The largest absolute Gasteiger partial charge is 0.497 e. The number of hydrogen-bond acceptors (Lipinski definition) is 9. The highest BCUT2D eigenvalue weighted by Gasteiger charge is 2.17. The molecule has 33 heavy (non-hydrogen) atoms. The lowest BCUT2D eigenvalue weighted by Crippen LogP contribution is -2.08. The fraction of sp³-hybridized carbons (Fsp3) is 0.261. The smallest absolute Gasteiger partial charge is 0.192 e. The molecule has 0 spiro atoms. The highest BCUT2D eigenvalue weighted by molar-refractivity contribution is 7.99. The lowest BCUT2D eigenvalue weighted by Gasteiger charge is -2.09. The third kappa shape index (κ3) is 6.02. The summed E-state index contributed by atoms with van der Waals surface area (Å²) in [7, 11) is 1.60. The van der Waals surface area contributed by atoms with Gasteiger partial charge in [-0.3, -0.25) is 9.36 Å². The number of nitrogens with zero attached hydrogens (tertiary/aromatic N) is 5. The summed E-state index contributed by atoms with van der Waals surface area (Å²) in [5.74, 6) is 3.06. The molecule has 1 aromatic carbocycles. The van der Waals surface area contributed by atoms with Crippen molar-refractivity contribution in [3.05, 3.63) is 77.3 Å². The standard InChI is InChI=1S/C23H23N5O3S2/c1-15-11-16(2)25-22(24-15)32-14-21-26-27-23(28(21)12-19-5-4-10-31-19)33-13-20(29)17-6-8-18(30-3)9-7-17/h4-11H,12-14H2,1-3H3. The second-order valence-corrected chi connectivity index (χ2v) is 9.11. The molecule has 0 atom stereocenters. The van der Waals surface area contributed by atoms with E-state index in [1.165, 1.54) is 23.5 Å². The summed E-state index contributed by atoms with van der Waals surface area (Å²) in [5, 5.41) is 10.1. The van der Waals surface area contributed by atoms with Gasteiger partial charge in [0.1, 0.15) is 17.3 Å². The predicted molar refractivity (Wildman–Crippen MR) is 127 cm³/mol. The second kappa shape index (κ2) is 10.7. The van der Waals surface area contributed by atoms with Gasteiger partial charge in [0, 0.05) is 17.0 Å². The molecule has 0 saturated carbocycles. The third-order valence-corrected chi connectivity index (χ3v) is 6.53. The number of carbonyl (C=O) groups excluding carboxylic acids is 1. The number of ketones is 1. The van der Waals surface area contributed by atoms with Gasteiger partial charge in [-0.1, -0.05) is 23.5 Å². The molecular formula is C23H23N5O3S2. The third-order valence-electron chi connectivity index (χ3n) is 4.72. The molecule has 0 aliphatic heterocycles. The summed E-state index contributed by atoms with van der Waals surface area (Å²) in [4.78, 5) is 21.6. The van der Waals surface area contributed by atoms with Crippen molar-refractivity contribution in [1.29, 1.82) is 0 Å². The van der Waals surface area contributed by atoms with Crippen LogP contribution in [0.15, 0.2) is 63.5 Å². The van der Waals surface area contributed by atoms with Crippen LogP contribution >= 0.6 is 23.5 Å². The molecule has 0 aliphatic carbocycles. The van der Waals surface area contributed by atoms with Gasteiger partial charge in [-0.05, 0) is 56.3 Å². The van der Waals surface area contributed by atoms with Crippen LogP contribution in [0.1, 0.15) is 33.3 Å². The maximum Gasteiger partial charge on any atom is 0.192 e. The van der Waals surface area contributed by atoms with Crippen LogP contribution < -0.4 is 4.74 Å². The Hall–Kier alpha value is -3.11. The zero-order valence-corrected chi connectivity index (χ0v) is 20.2. The maximum absolute atomic E-state index is 12.7. The number of ether oxygens (including phenoxy) is 1. The first kappa shape index (κ1) is 23.1. The molecule has 10 heteroatoms. The van der Waals surface area contributed by atoms with Crippen molar-refractivity contribution in [2.75, 3.05) is 12.9 Å². The van der Waals surface area contributed by atoms with Crippen LogP contribution in [0.2, 0.25) is 0 Å². The van der Waals surface area contributed by atoms with E-state index in [2.05, 4.69) is 20.2 Å². The molecule has 4 rings (SSSR count). The van der Waals surface area contributed by atoms with Gasteiger partial charge >= 0.3 is 0 Å². The number of carbonyl (C=O) groups is 1. The Kier molecular flexibility index (Phi) is 7.46. The molecule has 3 heterocycles. The van der Waals surface area contributed by atoms with Crippen molar-refractivity contribution in [2.45, 2.75) is 36.5 Å². The number of rotatable bonds is 10. The van der Waals surface area contributed by atoms with Crippen molar-refractivity contribution in [3.8, 4) is 5.75 Å². The molecule has 0 N–H and O–H groups in total. The molecule has 0 saturated heterocycles. The Morgan fingerprint density at radius 1 is 1.06 bits per heavy atom. The highest BCUT2D eigenvalue weighted by atomic mass is 32.2. The minimum atomic E-state index is 0.00904. The van der Waals surface area contributed by atoms with Crippen LogP contribution in [0.25, 0.3) is 0 Å². The molecule has 4 aromatic rings. The molecular weight excluding hydrogens is 458 g/mol. The number of thioether (sulfide) groups is 2. The zero-order valence-electron chi connectivity index (χ0n) is 18.5. The molecule has 170 valence electrons. The molecule has 0 unspecified atom stereocenters. The van der Waals surface area contributed by atoms with E-state index in [0.717, 1.165) is 23.0 Å². The van der Waals surface area contributed by atoms with E-state index in [1.807, 2.05) is 36.6 Å². The van der Waals surface area contributed by atoms with E-state index >= 15 is 0 Å². The maximum atomic E-state index is 12.7. The first-order chi connectivity index (χ1) is 16.0. The number of Topliss-reactive ketones (excluding diaryl/α,β-unsaturated/α-hetero) is 1. The van der Waals surface area contributed by atoms with E-state index in [-0.39, 0.29) is 11.5 Å². The minimum absolute atomic E-state index is 0.00904. The summed E-state index contributed by atoms with van der Waals surface area (Å²) in [6.45, 7) is 4.38. The molecule has 3 aromatic heterocycles. The Balaban J connectivity index is 1.49. The predicted octanol–water partition coefficient (Wildman–Crippen LogP) is 4.60. The topological polar surface area (TPSA) is 95.9 Å². The minimum Gasteiger partial charge on any atom is -0.497 e. The number of hydrogen-bond donors (Lipinski definition) is 0. The van der Waals surface area contributed by atoms with Gasteiger partial charge in [0.15, 0.2) is 16.1 Å². The summed E-state index contributed by atoms with van der Waals surface area (Å²) in [6.07, 6.45) is 1.64. The van der Waals surface area contributed by atoms with Crippen molar-refractivity contribution < 1.29 is 13.9 Å². The van der Waals surface area contributed by atoms with Gasteiger partial charge < -0.3 is 9.15 Å². The molecule has 0 bridgehead atoms. The van der Waals surface area contributed by atoms with Crippen molar-refractivity contribution in [3.63, 3.8) is 0 Å². The van der Waals surface area contributed by atoms with Crippen LogP contribution in [0.3, 0.4) is 0 Å². The molecule has 0 radical (unpaired) electrons. The molecule has 0 fully saturated rings. The van der Waals surface area contributed by atoms with Crippen molar-refractivity contribution >= 4 is 29.3 Å². The number of benzene rings is 1. The fourth-order valence-corrected chi connectivity index (χ4v) is 4.87. The zero-order chi connectivity index (χ0) is 23.2. The van der Waals surface area contributed by atoms with Gasteiger partial charge in [0.05, 0.1) is 31.4 Å². The van der Waals surface area contributed by atoms with E-state index in [9.17, 15) is 4.79 Å². The summed E-state index contributed by atoms with van der Waals surface area (Å²) < 4.78 is 12.7. The number of methoxy groups -OCH3 is 1. The van der Waals surface area contributed by atoms with Crippen LogP contribution in [-0.4, -0.2) is 43.4 Å². The molecule has 0 aliphatic rings. The van der Waals surface area contributed by atoms with Gasteiger partial charge in [0.25, 0.3) is 0 Å². The Morgan fingerprint density at radius 2 is 1.82 bits per heavy atom. The second-order valence-electron chi connectivity index (χ2n) is 7.23. The SMILES string of the molecule is COc1ccc(C(=O)CSc2nnc(CSc3nc(C)cc(C)n3)n2Cc2ccco2)cc1. The van der Waals surface area contributed by atoms with Crippen LogP contribution in [-0.2, 0) is 12.3 Å². The Labute approximate surface area is 200 Å². The first-order valence-corrected chi connectivity index (χ1v) is 12.2. The normalized spacial score (nSPS) is 11.0. The molecule has 8 nitrogen and oxygen atoms in total. The van der Waals surface area contributed by atoms with Gasteiger partial charge in [-0.2, -0.15) is 0 Å². The van der Waals surface area contributed by atoms with Gasteiger partial charge in [0.2, 0.25) is 0 Å². The van der Waals surface area contributed by atoms with Crippen LogP contribution in [0.5, 0.6) is 5.75 Å². The highest BCUT2D eigenvalue weighted by Crippen LogP contribution is 2.25. The summed E-state index contributed by atoms with van der Waals surface area (Å²) in [6, 6.07) is 12.8. The monoisotopic (exact) mass is 481 g/mol. The van der Waals surface area contributed by atoms with Crippen molar-refractivity contribution in [1.82, 2.24) is 24.7 Å². The van der Waals surface area contributed by atoms with Gasteiger partial charge in [-0.15, -0.1) is 10.2 Å². The quantitative estimate of drug-likeness (QED) is 0.183. The Morgan fingerprint density at radius 3 is 2.48 bits per heavy atom. The van der Waals surface area contributed by atoms with E-state index in [4.69, 9.17) is 9.15 Å². The van der Waals surface area contributed by atoms with E-state index < -0.39 is 0 Å². The lowest BCUT2D eigenvalue weighted by atomic mass is 10.1. The Bertz CT molecular complexity index is 1200. The summed E-state index contributed by atoms with van der Waals surface area (Å²) >= 11 is 2.86. The fourth-order valence-electron chi connectivity index (χ4n) is 3.13.